The van der Waals surface area contributed by atoms with E-state index in [1.54, 1.807) is 35.6 Å². The van der Waals surface area contributed by atoms with Gasteiger partial charge in [0.15, 0.2) is 0 Å². The van der Waals surface area contributed by atoms with Crippen molar-refractivity contribution in [1.29, 1.82) is 0 Å². The largest absolute Gasteiger partial charge is 0.465 e. The van der Waals surface area contributed by atoms with E-state index in [1.807, 2.05) is 5.38 Å². The highest BCUT2D eigenvalue weighted by Gasteiger charge is 2.22. The van der Waals surface area contributed by atoms with E-state index in [4.69, 9.17) is 0 Å². The van der Waals surface area contributed by atoms with Gasteiger partial charge >= 0.3 is 5.97 Å². The maximum atomic E-state index is 12.2. The third-order valence-corrected chi connectivity index (χ3v) is 4.24. The molecule has 1 amide bonds. The van der Waals surface area contributed by atoms with Crippen molar-refractivity contribution in [2.24, 2.45) is 0 Å². The van der Waals surface area contributed by atoms with Crippen LogP contribution >= 0.6 is 11.3 Å². The van der Waals surface area contributed by atoms with Gasteiger partial charge in [0.05, 0.1) is 12.7 Å². The lowest BCUT2D eigenvalue weighted by Crippen LogP contribution is -2.36. The number of hydrogen-bond donors (Lipinski definition) is 1. The van der Waals surface area contributed by atoms with Crippen LogP contribution in [-0.4, -0.2) is 25.5 Å². The maximum absolute atomic E-state index is 12.2. The summed E-state index contributed by atoms with van der Waals surface area (Å²) in [5.41, 5.74) is 2.03. The van der Waals surface area contributed by atoms with Crippen LogP contribution in [0, 0.1) is 0 Å². The van der Waals surface area contributed by atoms with E-state index in [-0.39, 0.29) is 11.3 Å². The molecule has 0 aliphatic carbocycles. The topological polar surface area (TPSA) is 55.4 Å². The van der Waals surface area contributed by atoms with E-state index in [1.165, 1.54) is 12.7 Å². The van der Waals surface area contributed by atoms with Crippen LogP contribution in [0.2, 0.25) is 0 Å². The summed E-state index contributed by atoms with van der Waals surface area (Å²) in [7, 11) is 1.33. The maximum Gasteiger partial charge on any atom is 0.337 e. The fraction of sp³-hybridized carbons (Fsp3) is 0.294. The van der Waals surface area contributed by atoms with E-state index in [0.717, 1.165) is 0 Å². The standard InChI is InChI=1S/C17H19NO3S/c1-17(2,14-8-9-22-10-14)11-18-15(19)12-4-6-13(7-5-12)16(20)21-3/h4-10H,11H2,1-3H3,(H,18,19). The Morgan fingerprint density at radius 1 is 1.14 bits per heavy atom. The molecular weight excluding hydrogens is 298 g/mol. The Labute approximate surface area is 134 Å². The zero-order valence-electron chi connectivity index (χ0n) is 12.9. The van der Waals surface area contributed by atoms with Crippen molar-refractivity contribution in [3.05, 3.63) is 57.8 Å². The summed E-state index contributed by atoms with van der Waals surface area (Å²) >= 11 is 1.65. The molecule has 1 aromatic carbocycles. The number of methoxy groups -OCH3 is 1. The predicted octanol–water partition coefficient (Wildman–Crippen LogP) is 3.24. The van der Waals surface area contributed by atoms with Gasteiger partial charge in [0.1, 0.15) is 0 Å². The van der Waals surface area contributed by atoms with Crippen LogP contribution in [0.3, 0.4) is 0 Å². The molecule has 0 bridgehead atoms. The Balaban J connectivity index is 1.99. The van der Waals surface area contributed by atoms with Crippen LogP contribution in [0.25, 0.3) is 0 Å². The number of rotatable bonds is 5. The predicted molar refractivity (Wildman–Crippen MR) is 87.5 cm³/mol. The molecule has 0 unspecified atom stereocenters. The molecule has 0 saturated carbocycles. The zero-order valence-corrected chi connectivity index (χ0v) is 13.7. The van der Waals surface area contributed by atoms with E-state index in [9.17, 15) is 9.59 Å². The van der Waals surface area contributed by atoms with E-state index < -0.39 is 5.97 Å². The Morgan fingerprint density at radius 3 is 2.32 bits per heavy atom. The molecule has 22 heavy (non-hydrogen) atoms. The number of carbonyl (C=O) groups is 2. The number of ether oxygens (including phenoxy) is 1. The number of thiophene rings is 1. The van der Waals surface area contributed by atoms with Gasteiger partial charge in [-0.25, -0.2) is 4.79 Å². The first-order valence-electron chi connectivity index (χ1n) is 6.93. The second-order valence-electron chi connectivity index (χ2n) is 5.65. The van der Waals surface area contributed by atoms with Gasteiger partial charge in [-0.1, -0.05) is 13.8 Å². The monoisotopic (exact) mass is 317 g/mol. The molecule has 0 fully saturated rings. The quantitative estimate of drug-likeness (QED) is 0.861. The van der Waals surface area contributed by atoms with Crippen molar-refractivity contribution < 1.29 is 14.3 Å². The minimum Gasteiger partial charge on any atom is -0.465 e. The average molecular weight is 317 g/mol. The van der Waals surface area contributed by atoms with Crippen molar-refractivity contribution in [2.45, 2.75) is 19.3 Å². The number of esters is 1. The van der Waals surface area contributed by atoms with E-state index in [2.05, 4.69) is 35.3 Å². The molecule has 1 heterocycles. The van der Waals surface area contributed by atoms with Crippen molar-refractivity contribution in [3.8, 4) is 0 Å². The van der Waals surface area contributed by atoms with Crippen molar-refractivity contribution >= 4 is 23.2 Å². The molecule has 0 aliphatic rings. The Hall–Kier alpha value is -2.14. The van der Waals surface area contributed by atoms with Gasteiger partial charge in [0.25, 0.3) is 5.91 Å². The molecule has 1 N–H and O–H groups in total. The fourth-order valence-corrected chi connectivity index (χ4v) is 2.88. The highest BCUT2D eigenvalue weighted by Crippen LogP contribution is 2.24. The van der Waals surface area contributed by atoms with Gasteiger partial charge in [-0.2, -0.15) is 11.3 Å². The van der Waals surface area contributed by atoms with Crippen molar-refractivity contribution in [2.75, 3.05) is 13.7 Å². The van der Waals surface area contributed by atoms with Crippen LogP contribution in [0.4, 0.5) is 0 Å². The fourth-order valence-electron chi connectivity index (χ4n) is 2.03. The molecule has 116 valence electrons. The molecule has 4 nitrogen and oxygen atoms in total. The highest BCUT2D eigenvalue weighted by atomic mass is 32.1. The smallest absolute Gasteiger partial charge is 0.337 e. The third kappa shape index (κ3) is 3.74. The summed E-state index contributed by atoms with van der Waals surface area (Å²) in [6.07, 6.45) is 0. The van der Waals surface area contributed by atoms with Crippen LogP contribution < -0.4 is 5.32 Å². The lowest BCUT2D eigenvalue weighted by Gasteiger charge is -2.24. The van der Waals surface area contributed by atoms with Crippen molar-refractivity contribution in [3.63, 3.8) is 0 Å². The van der Waals surface area contributed by atoms with Gasteiger partial charge in [0, 0.05) is 17.5 Å². The van der Waals surface area contributed by atoms with Crippen LogP contribution in [0.5, 0.6) is 0 Å². The second kappa shape index (κ2) is 6.75. The molecule has 0 atom stereocenters. The number of carbonyl (C=O) groups excluding carboxylic acids is 2. The Morgan fingerprint density at radius 2 is 1.77 bits per heavy atom. The molecule has 1 aromatic heterocycles. The summed E-state index contributed by atoms with van der Waals surface area (Å²) in [6, 6.07) is 8.50. The van der Waals surface area contributed by atoms with Gasteiger partial charge in [0.2, 0.25) is 0 Å². The van der Waals surface area contributed by atoms with Crippen molar-refractivity contribution in [1.82, 2.24) is 5.32 Å². The zero-order chi connectivity index (χ0) is 16.2. The van der Waals surface area contributed by atoms with Crippen LogP contribution in [-0.2, 0) is 10.2 Å². The number of nitrogens with one attached hydrogen (secondary N) is 1. The average Bonchev–Trinajstić information content (AvgIpc) is 3.07. The molecule has 0 aliphatic heterocycles. The van der Waals surface area contributed by atoms with Gasteiger partial charge in [-0.05, 0) is 46.7 Å². The first-order chi connectivity index (χ1) is 10.4. The number of benzene rings is 1. The first-order valence-corrected chi connectivity index (χ1v) is 7.87. The SMILES string of the molecule is COC(=O)c1ccc(C(=O)NCC(C)(C)c2ccsc2)cc1. The molecular formula is C17H19NO3S. The van der Waals surface area contributed by atoms with Gasteiger partial charge in [-0.15, -0.1) is 0 Å². The van der Waals surface area contributed by atoms with Crippen LogP contribution in [0.1, 0.15) is 40.1 Å². The van der Waals surface area contributed by atoms with Gasteiger partial charge < -0.3 is 10.1 Å². The summed E-state index contributed by atoms with van der Waals surface area (Å²) < 4.78 is 4.63. The normalized spacial score (nSPS) is 11.0. The summed E-state index contributed by atoms with van der Waals surface area (Å²) in [4.78, 5) is 23.5. The van der Waals surface area contributed by atoms with E-state index in [0.29, 0.717) is 17.7 Å². The minimum atomic E-state index is -0.412. The van der Waals surface area contributed by atoms with Gasteiger partial charge in [-0.3, -0.25) is 4.79 Å². The number of hydrogen-bond acceptors (Lipinski definition) is 4. The molecule has 0 saturated heterocycles. The van der Waals surface area contributed by atoms with E-state index >= 15 is 0 Å². The Kier molecular flexibility index (Phi) is 4.98. The molecule has 5 heteroatoms. The van der Waals surface area contributed by atoms with Crippen LogP contribution in [0.15, 0.2) is 41.1 Å². The molecule has 2 aromatic rings. The summed E-state index contributed by atoms with van der Waals surface area (Å²) in [5.74, 6) is -0.565. The third-order valence-electron chi connectivity index (χ3n) is 3.56. The molecule has 0 spiro atoms. The lowest BCUT2D eigenvalue weighted by molar-refractivity contribution is 0.0600. The molecule has 2 rings (SSSR count). The lowest BCUT2D eigenvalue weighted by atomic mass is 9.86. The highest BCUT2D eigenvalue weighted by molar-refractivity contribution is 7.08. The number of amides is 1. The second-order valence-corrected chi connectivity index (χ2v) is 6.43. The summed E-state index contributed by atoms with van der Waals surface area (Å²) in [6.45, 7) is 4.73. The summed E-state index contributed by atoms with van der Waals surface area (Å²) in [5, 5.41) is 7.07. The molecule has 0 radical (unpaired) electrons. The Bertz CT molecular complexity index is 645. The minimum absolute atomic E-state index is 0.123. The first kappa shape index (κ1) is 16.2.